The standard InChI is InChI=1S/C14H24N2/c1-4-5-6-7-8-13(3)16-14-10-9-12(2)11-15-14/h9-11,13H,4-8H2,1-3H3,(H,15,16). The Morgan fingerprint density at radius 2 is 2.06 bits per heavy atom. The number of unbranched alkanes of at least 4 members (excludes halogenated alkanes) is 3. The highest BCUT2D eigenvalue weighted by molar-refractivity contribution is 5.35. The summed E-state index contributed by atoms with van der Waals surface area (Å²) in [5, 5.41) is 3.43. The molecule has 0 bridgehead atoms. The zero-order valence-electron chi connectivity index (χ0n) is 10.8. The lowest BCUT2D eigenvalue weighted by molar-refractivity contribution is 0.593. The highest BCUT2D eigenvalue weighted by Crippen LogP contribution is 2.10. The van der Waals surface area contributed by atoms with Gasteiger partial charge in [-0.05, 0) is 31.9 Å². The van der Waals surface area contributed by atoms with Gasteiger partial charge in [-0.25, -0.2) is 4.98 Å². The molecule has 0 aromatic carbocycles. The van der Waals surface area contributed by atoms with E-state index >= 15 is 0 Å². The lowest BCUT2D eigenvalue weighted by Gasteiger charge is -2.14. The summed E-state index contributed by atoms with van der Waals surface area (Å²) in [5.74, 6) is 0.994. The third-order valence-corrected chi connectivity index (χ3v) is 2.80. The van der Waals surface area contributed by atoms with Gasteiger partial charge in [-0.15, -0.1) is 0 Å². The van der Waals surface area contributed by atoms with Crippen molar-refractivity contribution in [3.63, 3.8) is 0 Å². The third-order valence-electron chi connectivity index (χ3n) is 2.80. The summed E-state index contributed by atoms with van der Waals surface area (Å²) in [6, 6.07) is 4.67. The molecular weight excluding hydrogens is 196 g/mol. The summed E-state index contributed by atoms with van der Waals surface area (Å²) in [7, 11) is 0. The van der Waals surface area contributed by atoms with E-state index in [-0.39, 0.29) is 0 Å². The lowest BCUT2D eigenvalue weighted by atomic mass is 10.1. The predicted octanol–water partition coefficient (Wildman–Crippen LogP) is 4.16. The Labute approximate surface area is 99.5 Å². The van der Waals surface area contributed by atoms with E-state index in [1.165, 1.54) is 37.7 Å². The topological polar surface area (TPSA) is 24.9 Å². The fourth-order valence-electron chi connectivity index (χ4n) is 1.76. The Balaban J connectivity index is 2.23. The molecule has 0 saturated carbocycles. The van der Waals surface area contributed by atoms with Crippen LogP contribution in [0.1, 0.15) is 51.5 Å². The van der Waals surface area contributed by atoms with Crippen LogP contribution in [0.3, 0.4) is 0 Å². The lowest BCUT2D eigenvalue weighted by Crippen LogP contribution is -2.15. The van der Waals surface area contributed by atoms with Gasteiger partial charge < -0.3 is 5.32 Å². The number of hydrogen-bond acceptors (Lipinski definition) is 2. The molecule has 0 fully saturated rings. The van der Waals surface area contributed by atoms with E-state index in [2.05, 4.69) is 43.2 Å². The molecule has 1 atom stereocenters. The average Bonchev–Trinajstić information content (AvgIpc) is 2.28. The van der Waals surface area contributed by atoms with E-state index in [0.29, 0.717) is 6.04 Å². The fourth-order valence-corrected chi connectivity index (χ4v) is 1.76. The zero-order chi connectivity index (χ0) is 11.8. The Morgan fingerprint density at radius 1 is 1.25 bits per heavy atom. The number of nitrogens with one attached hydrogen (secondary N) is 1. The van der Waals surface area contributed by atoms with Crippen LogP contribution in [0.15, 0.2) is 18.3 Å². The monoisotopic (exact) mass is 220 g/mol. The van der Waals surface area contributed by atoms with Gasteiger partial charge in [0.2, 0.25) is 0 Å². The maximum absolute atomic E-state index is 4.35. The number of nitrogens with zero attached hydrogens (tertiary/aromatic N) is 1. The molecule has 90 valence electrons. The Kier molecular flexibility index (Phi) is 5.91. The van der Waals surface area contributed by atoms with Crippen molar-refractivity contribution in [2.45, 2.75) is 58.9 Å². The van der Waals surface area contributed by atoms with Crippen LogP contribution in [0.25, 0.3) is 0 Å². The van der Waals surface area contributed by atoms with Crippen LogP contribution < -0.4 is 5.32 Å². The van der Waals surface area contributed by atoms with Gasteiger partial charge in [-0.2, -0.15) is 0 Å². The summed E-state index contributed by atoms with van der Waals surface area (Å²) >= 11 is 0. The SMILES string of the molecule is CCCCCCC(C)Nc1ccc(C)cn1. The van der Waals surface area contributed by atoms with Gasteiger partial charge in [0.25, 0.3) is 0 Å². The van der Waals surface area contributed by atoms with Gasteiger partial charge in [0, 0.05) is 12.2 Å². The molecular formula is C14H24N2. The maximum Gasteiger partial charge on any atom is 0.126 e. The number of pyridine rings is 1. The van der Waals surface area contributed by atoms with Crippen LogP contribution in [-0.4, -0.2) is 11.0 Å². The summed E-state index contributed by atoms with van der Waals surface area (Å²) in [6.07, 6.45) is 8.47. The van der Waals surface area contributed by atoms with E-state index in [1.54, 1.807) is 0 Å². The summed E-state index contributed by atoms with van der Waals surface area (Å²) in [4.78, 5) is 4.35. The Hall–Kier alpha value is -1.05. The molecule has 0 radical (unpaired) electrons. The first kappa shape index (κ1) is 13.0. The van der Waals surface area contributed by atoms with Gasteiger partial charge in [0.05, 0.1) is 0 Å². The summed E-state index contributed by atoms with van der Waals surface area (Å²) in [5.41, 5.74) is 1.21. The summed E-state index contributed by atoms with van der Waals surface area (Å²) < 4.78 is 0. The second kappa shape index (κ2) is 7.26. The molecule has 0 aliphatic rings. The van der Waals surface area contributed by atoms with Crippen molar-refractivity contribution in [1.29, 1.82) is 0 Å². The molecule has 1 aromatic rings. The molecule has 2 heteroatoms. The van der Waals surface area contributed by atoms with Crippen molar-refractivity contribution in [1.82, 2.24) is 4.98 Å². The minimum Gasteiger partial charge on any atom is -0.368 e. The van der Waals surface area contributed by atoms with Crippen molar-refractivity contribution in [3.8, 4) is 0 Å². The van der Waals surface area contributed by atoms with Gasteiger partial charge in [-0.3, -0.25) is 0 Å². The van der Waals surface area contributed by atoms with Crippen LogP contribution in [0.5, 0.6) is 0 Å². The largest absolute Gasteiger partial charge is 0.368 e. The molecule has 0 spiro atoms. The first-order valence-electron chi connectivity index (χ1n) is 6.41. The van der Waals surface area contributed by atoms with Gasteiger partial charge >= 0.3 is 0 Å². The highest BCUT2D eigenvalue weighted by atomic mass is 15.0. The normalized spacial score (nSPS) is 12.4. The quantitative estimate of drug-likeness (QED) is 0.698. The van der Waals surface area contributed by atoms with Crippen molar-refractivity contribution in [3.05, 3.63) is 23.9 Å². The van der Waals surface area contributed by atoms with E-state index in [9.17, 15) is 0 Å². The molecule has 1 heterocycles. The molecule has 1 unspecified atom stereocenters. The van der Waals surface area contributed by atoms with E-state index in [1.807, 2.05) is 6.20 Å². The average molecular weight is 220 g/mol. The van der Waals surface area contributed by atoms with Crippen LogP contribution in [0.2, 0.25) is 0 Å². The molecule has 2 nitrogen and oxygen atoms in total. The number of aromatic nitrogens is 1. The number of rotatable bonds is 7. The summed E-state index contributed by atoms with van der Waals surface area (Å²) in [6.45, 7) is 6.54. The fraction of sp³-hybridized carbons (Fsp3) is 0.643. The van der Waals surface area contributed by atoms with Crippen LogP contribution >= 0.6 is 0 Å². The van der Waals surface area contributed by atoms with Crippen LogP contribution in [0, 0.1) is 6.92 Å². The van der Waals surface area contributed by atoms with E-state index < -0.39 is 0 Å². The molecule has 0 saturated heterocycles. The molecule has 1 N–H and O–H groups in total. The van der Waals surface area contributed by atoms with Crippen molar-refractivity contribution >= 4 is 5.82 Å². The zero-order valence-corrected chi connectivity index (χ0v) is 10.8. The van der Waals surface area contributed by atoms with Gasteiger partial charge in [0.15, 0.2) is 0 Å². The van der Waals surface area contributed by atoms with Gasteiger partial charge in [0.1, 0.15) is 5.82 Å². The molecule has 16 heavy (non-hydrogen) atoms. The molecule has 0 amide bonds. The molecule has 1 aromatic heterocycles. The van der Waals surface area contributed by atoms with Crippen LogP contribution in [-0.2, 0) is 0 Å². The molecule has 0 aliphatic carbocycles. The second-order valence-electron chi connectivity index (χ2n) is 4.62. The number of hydrogen-bond donors (Lipinski definition) is 1. The highest BCUT2D eigenvalue weighted by Gasteiger charge is 2.02. The van der Waals surface area contributed by atoms with Crippen molar-refractivity contribution in [2.24, 2.45) is 0 Å². The Morgan fingerprint density at radius 3 is 2.69 bits per heavy atom. The van der Waals surface area contributed by atoms with E-state index in [0.717, 1.165) is 5.82 Å². The first-order chi connectivity index (χ1) is 7.72. The predicted molar refractivity (Wildman–Crippen MR) is 70.8 cm³/mol. The van der Waals surface area contributed by atoms with Crippen molar-refractivity contribution in [2.75, 3.05) is 5.32 Å². The molecule has 1 rings (SSSR count). The maximum atomic E-state index is 4.35. The second-order valence-corrected chi connectivity index (χ2v) is 4.62. The van der Waals surface area contributed by atoms with E-state index in [4.69, 9.17) is 0 Å². The van der Waals surface area contributed by atoms with Gasteiger partial charge in [-0.1, -0.05) is 38.7 Å². The van der Waals surface area contributed by atoms with Crippen molar-refractivity contribution < 1.29 is 0 Å². The third kappa shape index (κ3) is 5.15. The minimum atomic E-state index is 0.520. The Bertz CT molecular complexity index is 279. The number of aryl methyl sites for hydroxylation is 1. The smallest absolute Gasteiger partial charge is 0.126 e. The first-order valence-corrected chi connectivity index (χ1v) is 6.41. The number of anilines is 1. The van der Waals surface area contributed by atoms with Crippen LogP contribution in [0.4, 0.5) is 5.82 Å². The minimum absolute atomic E-state index is 0.520. The molecule has 0 aliphatic heterocycles.